The Balaban J connectivity index is 1.57. The smallest absolute Gasteiger partial charge is 0.254 e. The molecule has 2 N–H and O–H groups in total. The number of methoxy groups -OCH3 is 1. The van der Waals surface area contributed by atoms with Crippen molar-refractivity contribution in [2.45, 2.75) is 52.5 Å². The number of carbonyl (C=O) groups is 2. The van der Waals surface area contributed by atoms with E-state index in [1.807, 2.05) is 24.3 Å². The average molecular weight is 531 g/mol. The highest BCUT2D eigenvalue weighted by Crippen LogP contribution is 2.44. The van der Waals surface area contributed by atoms with Crippen LogP contribution in [0.1, 0.15) is 60.0 Å². The second-order valence-electron chi connectivity index (χ2n) is 10.7. The van der Waals surface area contributed by atoms with E-state index in [0.29, 0.717) is 22.9 Å². The number of anilines is 1. The van der Waals surface area contributed by atoms with Crippen molar-refractivity contribution < 1.29 is 22.7 Å². The van der Waals surface area contributed by atoms with Crippen LogP contribution in [0.4, 0.5) is 5.00 Å². The van der Waals surface area contributed by atoms with Crippen LogP contribution < -0.4 is 15.4 Å². The number of sulfone groups is 1. The van der Waals surface area contributed by atoms with Gasteiger partial charge in [0.05, 0.1) is 24.2 Å². The Kier molecular flexibility index (Phi) is 7.61. The molecule has 7 nitrogen and oxygen atoms in total. The molecule has 0 bridgehead atoms. The van der Waals surface area contributed by atoms with Gasteiger partial charge in [-0.3, -0.25) is 9.59 Å². The van der Waals surface area contributed by atoms with Crippen LogP contribution >= 0.6 is 11.3 Å². The highest BCUT2D eigenvalue weighted by molar-refractivity contribution is 7.91. The molecule has 194 valence electrons. The molecule has 1 fully saturated rings. The van der Waals surface area contributed by atoms with Gasteiger partial charge in [0, 0.05) is 17.0 Å². The second kappa shape index (κ2) is 10.4. The summed E-state index contributed by atoms with van der Waals surface area (Å²) in [6, 6.07) is 6.95. The van der Waals surface area contributed by atoms with Crippen LogP contribution in [0, 0.1) is 11.3 Å². The van der Waals surface area contributed by atoms with E-state index < -0.39 is 15.9 Å². The monoisotopic (exact) mass is 530 g/mol. The Morgan fingerprint density at radius 3 is 2.47 bits per heavy atom. The summed E-state index contributed by atoms with van der Waals surface area (Å²) in [6.45, 7) is 6.70. The van der Waals surface area contributed by atoms with E-state index in [1.54, 1.807) is 13.2 Å². The fourth-order valence-electron chi connectivity index (χ4n) is 4.86. The molecular formula is C27H34N2O5S2. The van der Waals surface area contributed by atoms with Crippen molar-refractivity contribution in [3.8, 4) is 5.75 Å². The molecule has 0 spiro atoms. The lowest BCUT2D eigenvalue weighted by atomic mass is 9.72. The molecule has 2 aromatic rings. The summed E-state index contributed by atoms with van der Waals surface area (Å²) in [5.41, 5.74) is 2.46. The SMILES string of the molecule is COc1ccc(/C=C/C(=O)Nc2sc3c(c2C(=O)NC2CCS(=O)(=O)C2)CCC(C(C)(C)C)C3)cc1. The highest BCUT2D eigenvalue weighted by atomic mass is 32.2. The van der Waals surface area contributed by atoms with Crippen molar-refractivity contribution in [2.24, 2.45) is 11.3 Å². The Bertz CT molecular complexity index is 1270. The highest BCUT2D eigenvalue weighted by Gasteiger charge is 2.35. The van der Waals surface area contributed by atoms with Crippen LogP contribution in [0.3, 0.4) is 0 Å². The third-order valence-corrected chi connectivity index (χ3v) is 10.0. The molecule has 1 aromatic carbocycles. The Morgan fingerprint density at radius 1 is 1.14 bits per heavy atom. The predicted molar refractivity (Wildman–Crippen MR) is 144 cm³/mol. The normalized spacial score (nSPS) is 21.2. The average Bonchev–Trinajstić information content (AvgIpc) is 3.35. The van der Waals surface area contributed by atoms with Crippen LogP contribution in [0.15, 0.2) is 30.3 Å². The Morgan fingerprint density at radius 2 is 1.86 bits per heavy atom. The third-order valence-electron chi connectivity index (χ3n) is 7.06. The van der Waals surface area contributed by atoms with Crippen LogP contribution in [0.25, 0.3) is 6.08 Å². The molecule has 36 heavy (non-hydrogen) atoms. The molecule has 4 rings (SSSR count). The quantitative estimate of drug-likeness (QED) is 0.537. The van der Waals surface area contributed by atoms with E-state index in [0.717, 1.165) is 41.0 Å². The van der Waals surface area contributed by atoms with Gasteiger partial charge in [0.2, 0.25) is 5.91 Å². The predicted octanol–water partition coefficient (Wildman–Crippen LogP) is 4.48. The summed E-state index contributed by atoms with van der Waals surface area (Å²) < 4.78 is 28.9. The second-order valence-corrected chi connectivity index (χ2v) is 14.0. The van der Waals surface area contributed by atoms with E-state index in [4.69, 9.17) is 4.74 Å². The lowest BCUT2D eigenvalue weighted by Gasteiger charge is -2.33. The number of carbonyl (C=O) groups excluding carboxylic acids is 2. The zero-order valence-electron chi connectivity index (χ0n) is 21.2. The molecule has 2 aliphatic rings. The largest absolute Gasteiger partial charge is 0.497 e. The van der Waals surface area contributed by atoms with Crippen molar-refractivity contribution in [3.63, 3.8) is 0 Å². The van der Waals surface area contributed by atoms with Gasteiger partial charge in [0.15, 0.2) is 9.84 Å². The van der Waals surface area contributed by atoms with Gasteiger partial charge in [-0.15, -0.1) is 11.3 Å². The molecule has 1 aromatic heterocycles. The summed E-state index contributed by atoms with van der Waals surface area (Å²) in [6.07, 6.45) is 6.16. The molecule has 0 saturated carbocycles. The summed E-state index contributed by atoms with van der Waals surface area (Å²) in [5.74, 6) is 0.640. The van der Waals surface area contributed by atoms with Gasteiger partial charge in [0.25, 0.3) is 5.91 Å². The van der Waals surface area contributed by atoms with Gasteiger partial charge in [0.1, 0.15) is 10.8 Å². The van der Waals surface area contributed by atoms with Crippen LogP contribution in [-0.4, -0.2) is 44.9 Å². The molecule has 2 atom stereocenters. The van der Waals surface area contributed by atoms with Crippen molar-refractivity contribution in [2.75, 3.05) is 23.9 Å². The zero-order chi connectivity index (χ0) is 26.1. The summed E-state index contributed by atoms with van der Waals surface area (Å²) in [5, 5.41) is 6.37. The van der Waals surface area contributed by atoms with E-state index in [-0.39, 0.29) is 28.7 Å². The van der Waals surface area contributed by atoms with Crippen LogP contribution in [0.2, 0.25) is 0 Å². The number of thiophene rings is 1. The van der Waals surface area contributed by atoms with Gasteiger partial charge in [-0.2, -0.15) is 0 Å². The molecule has 2 amide bonds. The molecule has 2 unspecified atom stereocenters. The third kappa shape index (κ3) is 6.18. The molecular weight excluding hydrogens is 496 g/mol. The number of amides is 2. The van der Waals surface area contributed by atoms with Gasteiger partial charge < -0.3 is 15.4 Å². The van der Waals surface area contributed by atoms with Crippen LogP contribution in [0.5, 0.6) is 5.75 Å². The molecule has 2 heterocycles. The molecule has 0 radical (unpaired) electrons. The molecule has 1 aliphatic heterocycles. The Labute approximate surface area is 217 Å². The first-order chi connectivity index (χ1) is 16.9. The van der Waals surface area contributed by atoms with Crippen molar-refractivity contribution >= 4 is 44.1 Å². The lowest BCUT2D eigenvalue weighted by Crippen LogP contribution is -2.36. The fourth-order valence-corrected chi connectivity index (χ4v) is 7.86. The fraction of sp³-hybridized carbons (Fsp3) is 0.481. The zero-order valence-corrected chi connectivity index (χ0v) is 22.9. The van der Waals surface area contributed by atoms with E-state index in [9.17, 15) is 18.0 Å². The molecule has 1 saturated heterocycles. The topological polar surface area (TPSA) is 102 Å². The summed E-state index contributed by atoms with van der Waals surface area (Å²) >= 11 is 1.46. The van der Waals surface area contributed by atoms with Crippen molar-refractivity contribution in [3.05, 3.63) is 51.9 Å². The van der Waals surface area contributed by atoms with Gasteiger partial charge in [-0.05, 0) is 66.4 Å². The number of ether oxygens (including phenoxy) is 1. The number of rotatable bonds is 6. The minimum absolute atomic E-state index is 0.0382. The number of benzene rings is 1. The van der Waals surface area contributed by atoms with Gasteiger partial charge in [-0.1, -0.05) is 32.9 Å². The maximum atomic E-state index is 13.4. The lowest BCUT2D eigenvalue weighted by molar-refractivity contribution is -0.111. The summed E-state index contributed by atoms with van der Waals surface area (Å²) in [7, 11) is -1.52. The first-order valence-corrected chi connectivity index (χ1v) is 14.9. The number of nitrogens with one attached hydrogen (secondary N) is 2. The molecule has 1 aliphatic carbocycles. The first-order valence-electron chi connectivity index (χ1n) is 12.2. The van der Waals surface area contributed by atoms with E-state index in [2.05, 4.69) is 31.4 Å². The number of hydrogen-bond donors (Lipinski definition) is 2. The maximum Gasteiger partial charge on any atom is 0.254 e. The van der Waals surface area contributed by atoms with Crippen molar-refractivity contribution in [1.82, 2.24) is 5.32 Å². The van der Waals surface area contributed by atoms with E-state index in [1.165, 1.54) is 17.4 Å². The first kappa shape index (κ1) is 26.4. The standard InChI is InChI=1S/C27H34N2O5S2/c1-27(2,3)18-8-11-21-22(15-18)35-26(24(21)25(31)28-19-13-14-36(32,33)16-19)29-23(30)12-7-17-5-9-20(34-4)10-6-17/h5-7,9-10,12,18-19H,8,11,13-16H2,1-4H3,(H,28,31)(H,29,30)/b12-7+. The minimum atomic E-state index is -3.12. The minimum Gasteiger partial charge on any atom is -0.497 e. The van der Waals surface area contributed by atoms with E-state index >= 15 is 0 Å². The number of fused-ring (bicyclic) bond motifs is 1. The maximum absolute atomic E-state index is 13.4. The summed E-state index contributed by atoms with van der Waals surface area (Å²) in [4.78, 5) is 27.3. The molecule has 9 heteroatoms. The van der Waals surface area contributed by atoms with Gasteiger partial charge in [-0.25, -0.2) is 8.42 Å². The van der Waals surface area contributed by atoms with Crippen LogP contribution in [-0.2, 0) is 27.5 Å². The van der Waals surface area contributed by atoms with Crippen molar-refractivity contribution in [1.29, 1.82) is 0 Å². The number of hydrogen-bond acceptors (Lipinski definition) is 6. The Hall–Kier alpha value is -2.65. The van der Waals surface area contributed by atoms with Gasteiger partial charge >= 0.3 is 0 Å².